The normalized spacial score (nSPS) is 12.2. The Kier molecular flexibility index (Phi) is 6.52. The standard InChI is InChI=1S/C20H18Cl2FN3O3/c1-25-19(12-5-7-14(21)8-6-12)24-26(20(25)29)10-15(28)9-13(11-27)16-3-2-4-17(22)18(16)23/h2-8,13,27H,9-11H2,1H3. The predicted molar refractivity (Wildman–Crippen MR) is 109 cm³/mol. The molecule has 152 valence electrons. The first-order chi connectivity index (χ1) is 13.8. The number of hydrogen-bond acceptors (Lipinski definition) is 4. The maximum atomic E-state index is 14.2. The minimum absolute atomic E-state index is 0.0815. The van der Waals surface area contributed by atoms with E-state index in [1.165, 1.54) is 16.7 Å². The minimum Gasteiger partial charge on any atom is -0.396 e. The third kappa shape index (κ3) is 4.58. The molecule has 6 nitrogen and oxygen atoms in total. The number of nitrogens with zero attached hydrogens (tertiary/aromatic N) is 3. The zero-order chi connectivity index (χ0) is 21.1. The number of carbonyl (C=O) groups excluding carboxylic acids is 1. The molecule has 29 heavy (non-hydrogen) atoms. The van der Waals surface area contributed by atoms with Gasteiger partial charge in [-0.3, -0.25) is 9.36 Å². The van der Waals surface area contributed by atoms with Crippen molar-refractivity contribution in [3.63, 3.8) is 0 Å². The van der Waals surface area contributed by atoms with Gasteiger partial charge in [0.15, 0.2) is 11.6 Å². The van der Waals surface area contributed by atoms with Gasteiger partial charge in [0, 0.05) is 30.0 Å². The monoisotopic (exact) mass is 437 g/mol. The molecule has 0 spiro atoms. The van der Waals surface area contributed by atoms with E-state index in [1.807, 2.05) is 0 Å². The van der Waals surface area contributed by atoms with Crippen molar-refractivity contribution in [3.8, 4) is 11.4 Å². The van der Waals surface area contributed by atoms with E-state index in [1.54, 1.807) is 37.4 Å². The largest absolute Gasteiger partial charge is 0.396 e. The van der Waals surface area contributed by atoms with Crippen LogP contribution in [0.5, 0.6) is 0 Å². The first-order valence-corrected chi connectivity index (χ1v) is 9.53. The molecule has 0 aliphatic carbocycles. The van der Waals surface area contributed by atoms with Gasteiger partial charge in [-0.05, 0) is 35.9 Å². The van der Waals surface area contributed by atoms with E-state index in [0.29, 0.717) is 16.4 Å². The summed E-state index contributed by atoms with van der Waals surface area (Å²) in [6, 6.07) is 11.2. The van der Waals surface area contributed by atoms with Crippen LogP contribution in [-0.2, 0) is 18.4 Å². The lowest BCUT2D eigenvalue weighted by Gasteiger charge is -2.15. The minimum atomic E-state index is -0.767. The van der Waals surface area contributed by atoms with Gasteiger partial charge in [0.25, 0.3) is 0 Å². The van der Waals surface area contributed by atoms with Gasteiger partial charge in [-0.25, -0.2) is 13.9 Å². The summed E-state index contributed by atoms with van der Waals surface area (Å²) in [6.45, 7) is -0.727. The number of halogens is 3. The first kappa shape index (κ1) is 21.2. The number of carbonyl (C=O) groups is 1. The van der Waals surface area contributed by atoms with Crippen LogP contribution in [0.3, 0.4) is 0 Å². The van der Waals surface area contributed by atoms with E-state index >= 15 is 0 Å². The third-order valence-electron chi connectivity index (χ3n) is 4.59. The van der Waals surface area contributed by atoms with Crippen molar-refractivity contribution in [1.82, 2.24) is 14.3 Å². The highest BCUT2D eigenvalue weighted by molar-refractivity contribution is 6.31. The smallest absolute Gasteiger partial charge is 0.346 e. The van der Waals surface area contributed by atoms with Crippen molar-refractivity contribution in [2.24, 2.45) is 7.05 Å². The highest BCUT2D eigenvalue weighted by atomic mass is 35.5. The Morgan fingerprint density at radius 1 is 1.21 bits per heavy atom. The number of benzene rings is 2. The fraction of sp³-hybridized carbons (Fsp3) is 0.250. The summed E-state index contributed by atoms with van der Waals surface area (Å²) < 4.78 is 16.6. The number of hydrogen-bond donors (Lipinski definition) is 1. The predicted octanol–water partition coefficient (Wildman–Crippen LogP) is 3.43. The number of rotatable bonds is 7. The summed E-state index contributed by atoms with van der Waals surface area (Å²) >= 11 is 11.7. The van der Waals surface area contributed by atoms with E-state index < -0.39 is 24.0 Å². The van der Waals surface area contributed by atoms with E-state index in [2.05, 4.69) is 5.10 Å². The molecule has 0 saturated carbocycles. The molecule has 3 aromatic rings. The number of aliphatic hydroxyl groups excluding tert-OH is 1. The van der Waals surface area contributed by atoms with Gasteiger partial charge in [-0.1, -0.05) is 35.3 Å². The molecule has 2 aromatic carbocycles. The Bertz CT molecular complexity index is 1090. The molecule has 1 unspecified atom stereocenters. The lowest BCUT2D eigenvalue weighted by Crippen LogP contribution is -2.27. The van der Waals surface area contributed by atoms with Crippen LogP contribution in [0.1, 0.15) is 17.9 Å². The van der Waals surface area contributed by atoms with Gasteiger partial charge in [0.05, 0.1) is 11.6 Å². The van der Waals surface area contributed by atoms with Gasteiger partial charge >= 0.3 is 5.69 Å². The van der Waals surface area contributed by atoms with E-state index in [9.17, 15) is 19.1 Å². The third-order valence-corrected chi connectivity index (χ3v) is 5.13. The molecule has 1 heterocycles. The zero-order valence-corrected chi connectivity index (χ0v) is 17.0. The highest BCUT2D eigenvalue weighted by Crippen LogP contribution is 2.27. The van der Waals surface area contributed by atoms with Crippen molar-refractivity contribution < 1.29 is 14.3 Å². The fourth-order valence-corrected chi connectivity index (χ4v) is 3.36. The van der Waals surface area contributed by atoms with Gasteiger partial charge in [0.2, 0.25) is 0 Å². The van der Waals surface area contributed by atoms with Crippen LogP contribution in [-0.4, -0.2) is 31.8 Å². The van der Waals surface area contributed by atoms with Crippen molar-refractivity contribution in [1.29, 1.82) is 0 Å². The molecule has 0 radical (unpaired) electrons. The van der Waals surface area contributed by atoms with Crippen molar-refractivity contribution in [2.75, 3.05) is 6.61 Å². The summed E-state index contributed by atoms with van der Waals surface area (Å²) in [5, 5.41) is 14.3. The molecule has 9 heteroatoms. The number of Topliss-reactive ketones (excluding diaryl/α,β-unsaturated/α-hetero) is 1. The molecule has 1 atom stereocenters. The topological polar surface area (TPSA) is 77.1 Å². The summed E-state index contributed by atoms with van der Waals surface area (Å²) in [5.41, 5.74) is 0.371. The van der Waals surface area contributed by atoms with Crippen molar-refractivity contribution >= 4 is 29.0 Å². The maximum absolute atomic E-state index is 14.2. The van der Waals surface area contributed by atoms with Crippen LogP contribution in [0, 0.1) is 5.82 Å². The van der Waals surface area contributed by atoms with Gasteiger partial charge in [-0.15, -0.1) is 5.10 Å². The van der Waals surface area contributed by atoms with E-state index in [4.69, 9.17) is 23.2 Å². The average Bonchev–Trinajstić information content (AvgIpc) is 2.97. The molecule has 0 aliphatic heterocycles. The van der Waals surface area contributed by atoms with Crippen LogP contribution < -0.4 is 5.69 Å². The molecule has 1 N–H and O–H groups in total. The Balaban J connectivity index is 1.80. The second-order valence-electron chi connectivity index (χ2n) is 6.60. The van der Waals surface area contributed by atoms with Gasteiger partial charge < -0.3 is 5.11 Å². The highest BCUT2D eigenvalue weighted by Gasteiger charge is 2.22. The Morgan fingerprint density at radius 3 is 2.55 bits per heavy atom. The molecular weight excluding hydrogens is 420 g/mol. The van der Waals surface area contributed by atoms with Crippen LogP contribution in [0.15, 0.2) is 47.3 Å². The Morgan fingerprint density at radius 2 is 1.90 bits per heavy atom. The lowest BCUT2D eigenvalue weighted by atomic mass is 9.94. The molecule has 0 saturated heterocycles. The van der Waals surface area contributed by atoms with Gasteiger partial charge in [0.1, 0.15) is 12.4 Å². The molecule has 1 aromatic heterocycles. The molecule has 0 aliphatic rings. The Labute approximate surface area is 176 Å². The maximum Gasteiger partial charge on any atom is 0.346 e. The fourth-order valence-electron chi connectivity index (χ4n) is 3.06. The quantitative estimate of drug-likeness (QED) is 0.613. The number of ketones is 1. The van der Waals surface area contributed by atoms with E-state index in [-0.39, 0.29) is 29.3 Å². The SMILES string of the molecule is Cn1c(-c2ccc(Cl)cc2)nn(CC(=O)CC(CO)c2cccc(Cl)c2F)c1=O. The van der Waals surface area contributed by atoms with Crippen LogP contribution in [0.4, 0.5) is 4.39 Å². The van der Waals surface area contributed by atoms with Crippen LogP contribution in [0.25, 0.3) is 11.4 Å². The van der Waals surface area contributed by atoms with Crippen molar-refractivity contribution in [3.05, 3.63) is 74.4 Å². The molecule has 0 bridgehead atoms. The zero-order valence-electron chi connectivity index (χ0n) is 15.5. The van der Waals surface area contributed by atoms with Crippen LogP contribution in [0.2, 0.25) is 10.0 Å². The number of aliphatic hydroxyl groups is 1. The second kappa shape index (κ2) is 8.90. The molecule has 0 amide bonds. The lowest BCUT2D eigenvalue weighted by molar-refractivity contribution is -0.120. The summed E-state index contributed by atoms with van der Waals surface area (Å²) in [6.07, 6.45) is -0.160. The first-order valence-electron chi connectivity index (χ1n) is 8.78. The molecular formula is C20H18Cl2FN3O3. The van der Waals surface area contributed by atoms with Gasteiger partial charge in [-0.2, -0.15) is 0 Å². The molecule has 3 rings (SSSR count). The Hall–Kier alpha value is -2.48. The summed E-state index contributed by atoms with van der Waals surface area (Å²) in [4.78, 5) is 25.0. The number of aromatic nitrogens is 3. The van der Waals surface area contributed by atoms with Crippen LogP contribution >= 0.6 is 23.2 Å². The van der Waals surface area contributed by atoms with E-state index in [0.717, 1.165) is 4.68 Å². The summed E-state index contributed by atoms with van der Waals surface area (Å²) in [7, 11) is 1.55. The molecule has 0 fully saturated rings. The van der Waals surface area contributed by atoms with Crippen molar-refractivity contribution in [2.45, 2.75) is 18.9 Å². The second-order valence-corrected chi connectivity index (χ2v) is 7.44. The summed E-state index contributed by atoms with van der Waals surface area (Å²) in [5.74, 6) is -1.41. The average molecular weight is 438 g/mol.